The lowest BCUT2D eigenvalue weighted by Crippen LogP contribution is -2.30. The van der Waals surface area contributed by atoms with Crippen molar-refractivity contribution in [3.8, 4) is 0 Å². The minimum atomic E-state index is -0.804. The van der Waals surface area contributed by atoms with E-state index in [2.05, 4.69) is 13.2 Å². The second-order valence-corrected chi connectivity index (χ2v) is 3.98. The van der Waals surface area contributed by atoms with Crippen molar-refractivity contribution in [2.75, 3.05) is 6.54 Å². The molecule has 1 amide bonds. The van der Waals surface area contributed by atoms with E-state index in [-0.39, 0.29) is 13.2 Å². The highest BCUT2D eigenvalue weighted by molar-refractivity contribution is 5.66. The van der Waals surface area contributed by atoms with Crippen molar-refractivity contribution in [3.63, 3.8) is 0 Å². The third kappa shape index (κ3) is 4.43. The fourth-order valence-corrected chi connectivity index (χ4v) is 1.17. The van der Waals surface area contributed by atoms with Crippen molar-refractivity contribution in [2.24, 2.45) is 0 Å². The molecule has 0 spiro atoms. The molecular weight excluding hydrogens is 230 g/mol. The first kappa shape index (κ1) is 14.0. The van der Waals surface area contributed by atoms with Crippen molar-refractivity contribution < 1.29 is 14.7 Å². The number of hydroxylamine groups is 2. The van der Waals surface area contributed by atoms with E-state index in [9.17, 15) is 10.0 Å². The Morgan fingerprint density at radius 1 is 1.33 bits per heavy atom. The number of rotatable bonds is 5. The minimum absolute atomic E-state index is 0.0110. The van der Waals surface area contributed by atoms with Gasteiger partial charge in [-0.15, -0.1) is 0 Å². The molecule has 4 nitrogen and oxygen atoms in total. The number of ether oxygens (including phenoxy) is 1. The quantitative estimate of drug-likeness (QED) is 0.494. The molecule has 4 heteroatoms. The maximum atomic E-state index is 11.5. The van der Waals surface area contributed by atoms with Crippen molar-refractivity contribution in [1.29, 1.82) is 0 Å². The van der Waals surface area contributed by atoms with E-state index < -0.39 is 6.09 Å². The molecule has 96 valence electrons. The molecule has 0 aliphatic carbocycles. The van der Waals surface area contributed by atoms with Crippen LogP contribution in [0, 0.1) is 0 Å². The molecule has 0 aliphatic heterocycles. The van der Waals surface area contributed by atoms with E-state index in [1.807, 2.05) is 30.3 Å². The molecule has 1 N–H and O–H groups in total. The van der Waals surface area contributed by atoms with Crippen LogP contribution in [0.1, 0.15) is 12.5 Å². The third-order valence-electron chi connectivity index (χ3n) is 2.36. The SMILES string of the molecule is C=C(C)C(=C)CN(O)C(=O)OCc1ccccc1. The summed E-state index contributed by atoms with van der Waals surface area (Å²) in [7, 11) is 0. The Labute approximate surface area is 107 Å². The summed E-state index contributed by atoms with van der Waals surface area (Å²) in [5, 5.41) is 9.96. The largest absolute Gasteiger partial charge is 0.443 e. The Bertz CT molecular complexity index is 440. The van der Waals surface area contributed by atoms with Crippen LogP contribution in [0.2, 0.25) is 0 Å². The van der Waals surface area contributed by atoms with E-state index in [1.165, 1.54) is 0 Å². The van der Waals surface area contributed by atoms with Crippen LogP contribution in [0.15, 0.2) is 54.6 Å². The molecule has 1 rings (SSSR count). The first-order valence-corrected chi connectivity index (χ1v) is 5.51. The topological polar surface area (TPSA) is 49.8 Å². The average Bonchev–Trinajstić information content (AvgIpc) is 2.36. The van der Waals surface area contributed by atoms with E-state index in [0.29, 0.717) is 16.2 Å². The molecule has 0 atom stereocenters. The lowest BCUT2D eigenvalue weighted by atomic mass is 10.1. The summed E-state index contributed by atoms with van der Waals surface area (Å²) in [6.07, 6.45) is -0.804. The molecule has 0 fully saturated rings. The molecule has 1 aromatic carbocycles. The number of hydrogen-bond acceptors (Lipinski definition) is 3. The molecule has 0 unspecified atom stereocenters. The average molecular weight is 247 g/mol. The second-order valence-electron chi connectivity index (χ2n) is 3.98. The summed E-state index contributed by atoms with van der Waals surface area (Å²) in [4.78, 5) is 11.5. The predicted octanol–water partition coefficient (Wildman–Crippen LogP) is 3.15. The maximum Gasteiger partial charge on any atom is 0.434 e. The zero-order chi connectivity index (χ0) is 13.5. The number of hydrogen-bond donors (Lipinski definition) is 1. The zero-order valence-corrected chi connectivity index (χ0v) is 10.4. The highest BCUT2D eigenvalue weighted by Gasteiger charge is 2.13. The van der Waals surface area contributed by atoms with Gasteiger partial charge in [-0.2, -0.15) is 5.06 Å². The summed E-state index contributed by atoms with van der Waals surface area (Å²) >= 11 is 0. The van der Waals surface area contributed by atoms with Gasteiger partial charge in [0.25, 0.3) is 0 Å². The number of amides is 1. The monoisotopic (exact) mass is 247 g/mol. The molecule has 0 saturated carbocycles. The Kier molecular flexibility index (Phi) is 5.14. The predicted molar refractivity (Wildman–Crippen MR) is 69.1 cm³/mol. The van der Waals surface area contributed by atoms with Gasteiger partial charge in [0.2, 0.25) is 0 Å². The van der Waals surface area contributed by atoms with Gasteiger partial charge in [-0.1, -0.05) is 49.1 Å². The maximum absolute atomic E-state index is 11.5. The molecule has 0 aromatic heterocycles. The van der Waals surface area contributed by atoms with Crippen LogP contribution in [0.25, 0.3) is 0 Å². The van der Waals surface area contributed by atoms with Crippen molar-refractivity contribution in [2.45, 2.75) is 13.5 Å². The summed E-state index contributed by atoms with van der Waals surface area (Å²) in [6.45, 7) is 9.22. The number of nitrogens with zero attached hydrogens (tertiary/aromatic N) is 1. The Morgan fingerprint density at radius 3 is 2.50 bits per heavy atom. The summed E-state index contributed by atoms with van der Waals surface area (Å²) in [5.74, 6) is 0. The Balaban J connectivity index is 2.41. The molecular formula is C14H17NO3. The molecule has 0 aliphatic rings. The summed E-state index contributed by atoms with van der Waals surface area (Å²) < 4.78 is 4.94. The first-order valence-electron chi connectivity index (χ1n) is 5.51. The van der Waals surface area contributed by atoms with Gasteiger partial charge >= 0.3 is 6.09 Å². The van der Waals surface area contributed by atoms with Gasteiger partial charge in [0.05, 0.1) is 6.54 Å². The Hall–Kier alpha value is -2.07. The van der Waals surface area contributed by atoms with Crippen LogP contribution in [0.5, 0.6) is 0 Å². The van der Waals surface area contributed by atoms with Gasteiger partial charge in [0, 0.05) is 0 Å². The molecule has 18 heavy (non-hydrogen) atoms. The summed E-state index contributed by atoms with van der Waals surface area (Å²) in [5.41, 5.74) is 2.15. The van der Waals surface area contributed by atoms with Gasteiger partial charge in [-0.3, -0.25) is 5.21 Å². The molecule has 0 radical (unpaired) electrons. The third-order valence-corrected chi connectivity index (χ3v) is 2.36. The summed E-state index contributed by atoms with van der Waals surface area (Å²) in [6, 6.07) is 9.25. The standard InChI is InChI=1S/C14H17NO3/c1-11(2)12(3)9-15(17)14(16)18-10-13-7-5-4-6-8-13/h4-8,17H,1,3,9-10H2,2H3. The van der Waals surface area contributed by atoms with Gasteiger partial charge in [0.15, 0.2) is 0 Å². The smallest absolute Gasteiger partial charge is 0.434 e. The second kappa shape index (κ2) is 6.61. The fraction of sp³-hybridized carbons (Fsp3) is 0.214. The van der Waals surface area contributed by atoms with Crippen LogP contribution in [-0.4, -0.2) is 22.9 Å². The Morgan fingerprint density at radius 2 is 1.94 bits per heavy atom. The van der Waals surface area contributed by atoms with Crippen LogP contribution >= 0.6 is 0 Å². The van der Waals surface area contributed by atoms with Gasteiger partial charge in [-0.05, 0) is 18.1 Å². The molecule has 0 bridgehead atoms. The highest BCUT2D eigenvalue weighted by atomic mass is 16.6. The van der Waals surface area contributed by atoms with Gasteiger partial charge in [-0.25, -0.2) is 4.79 Å². The first-order chi connectivity index (χ1) is 8.50. The van der Waals surface area contributed by atoms with Gasteiger partial charge < -0.3 is 4.74 Å². The number of carbonyl (C=O) groups is 1. The lowest BCUT2D eigenvalue weighted by Gasteiger charge is -2.16. The minimum Gasteiger partial charge on any atom is -0.443 e. The van der Waals surface area contributed by atoms with Crippen LogP contribution < -0.4 is 0 Å². The van der Waals surface area contributed by atoms with Gasteiger partial charge in [0.1, 0.15) is 6.61 Å². The van der Waals surface area contributed by atoms with E-state index in [4.69, 9.17) is 4.74 Å². The fourth-order valence-electron chi connectivity index (χ4n) is 1.17. The number of benzene rings is 1. The van der Waals surface area contributed by atoms with Crippen LogP contribution in [0.4, 0.5) is 4.79 Å². The van der Waals surface area contributed by atoms with E-state index in [0.717, 1.165) is 5.56 Å². The van der Waals surface area contributed by atoms with E-state index >= 15 is 0 Å². The van der Waals surface area contributed by atoms with Crippen LogP contribution in [0.3, 0.4) is 0 Å². The lowest BCUT2D eigenvalue weighted by molar-refractivity contribution is -0.0687. The molecule has 0 heterocycles. The van der Waals surface area contributed by atoms with Crippen molar-refractivity contribution in [1.82, 2.24) is 5.06 Å². The van der Waals surface area contributed by atoms with E-state index in [1.54, 1.807) is 6.92 Å². The normalized spacial score (nSPS) is 9.67. The molecule has 0 saturated heterocycles. The molecule has 1 aromatic rings. The number of carbonyl (C=O) groups excluding carboxylic acids is 1. The van der Waals surface area contributed by atoms with Crippen molar-refractivity contribution in [3.05, 3.63) is 60.2 Å². The van der Waals surface area contributed by atoms with Crippen LogP contribution in [-0.2, 0) is 11.3 Å². The zero-order valence-electron chi connectivity index (χ0n) is 10.4. The highest BCUT2D eigenvalue weighted by Crippen LogP contribution is 2.07. The van der Waals surface area contributed by atoms with Crippen molar-refractivity contribution >= 4 is 6.09 Å².